The average Bonchev–Trinajstić information content (AvgIpc) is 2.66. The molecule has 2 aromatic carbocycles. The van der Waals surface area contributed by atoms with Crippen molar-refractivity contribution in [2.75, 3.05) is 0 Å². The van der Waals surface area contributed by atoms with Crippen LogP contribution in [-0.4, -0.2) is 16.3 Å². The molecule has 0 saturated carbocycles. The molecule has 3 rings (SSSR count). The predicted molar refractivity (Wildman–Crippen MR) is 103 cm³/mol. The summed E-state index contributed by atoms with van der Waals surface area (Å²) in [4.78, 5) is 8.50. The molecule has 3 N–H and O–H groups in total. The van der Waals surface area contributed by atoms with E-state index in [0.29, 0.717) is 11.3 Å². The number of pyridine rings is 1. The van der Waals surface area contributed by atoms with E-state index < -0.39 is 0 Å². The number of nitrogens with zero attached hydrogens (tertiary/aromatic N) is 2. The predicted octanol–water partition coefficient (Wildman–Crippen LogP) is 4.67. The summed E-state index contributed by atoms with van der Waals surface area (Å²) in [6.07, 6.45) is 5.04. The van der Waals surface area contributed by atoms with Crippen LogP contribution < -0.4 is 5.73 Å². The van der Waals surface area contributed by atoms with Crippen LogP contribution in [0.3, 0.4) is 0 Å². The minimum atomic E-state index is -0.00712. The highest BCUT2D eigenvalue weighted by Gasteiger charge is 2.09. The first-order valence-corrected chi connectivity index (χ1v) is 8.01. The summed E-state index contributed by atoms with van der Waals surface area (Å²) in [6.45, 7) is 0. The molecule has 3 aromatic rings. The highest BCUT2D eigenvalue weighted by atomic mass is 35.5. The first-order valence-electron chi connectivity index (χ1n) is 7.63. The zero-order valence-corrected chi connectivity index (χ0v) is 14.1. The van der Waals surface area contributed by atoms with E-state index in [1.807, 2.05) is 42.5 Å². The molecule has 4 nitrogen and oxygen atoms in total. The third kappa shape index (κ3) is 4.05. The molecule has 0 atom stereocenters. The van der Waals surface area contributed by atoms with Crippen molar-refractivity contribution >= 4 is 34.8 Å². The van der Waals surface area contributed by atoms with Crippen LogP contribution in [0.1, 0.15) is 11.1 Å². The maximum Gasteiger partial charge on any atom is 0.134 e. The number of para-hydroxylation sites is 1. The van der Waals surface area contributed by atoms with E-state index in [4.69, 9.17) is 17.3 Å². The molecule has 25 heavy (non-hydrogen) atoms. The Morgan fingerprint density at radius 1 is 1.00 bits per heavy atom. The van der Waals surface area contributed by atoms with Gasteiger partial charge < -0.3 is 10.8 Å². The molecular formula is C20H16ClN3O. The lowest BCUT2D eigenvalue weighted by molar-refractivity contribution is 0.475. The number of halogens is 1. The third-order valence-corrected chi connectivity index (χ3v) is 3.96. The van der Waals surface area contributed by atoms with Crippen molar-refractivity contribution < 1.29 is 5.11 Å². The summed E-state index contributed by atoms with van der Waals surface area (Å²) in [6, 6.07) is 18.2. The summed E-state index contributed by atoms with van der Waals surface area (Å²) >= 11 is 5.92. The third-order valence-electron chi connectivity index (χ3n) is 3.64. The van der Waals surface area contributed by atoms with Gasteiger partial charge >= 0.3 is 0 Å². The second-order valence-electron chi connectivity index (χ2n) is 5.32. The number of rotatable bonds is 4. The molecule has 0 unspecified atom stereocenters. The van der Waals surface area contributed by atoms with Crippen LogP contribution in [0.4, 0.5) is 5.69 Å². The number of nitrogens with two attached hydrogens (primary N) is 1. The van der Waals surface area contributed by atoms with Gasteiger partial charge in [-0.3, -0.25) is 9.98 Å². The van der Waals surface area contributed by atoms with Crippen LogP contribution in [0.5, 0.6) is 5.75 Å². The Hall–Kier alpha value is -3.11. The van der Waals surface area contributed by atoms with Gasteiger partial charge in [0.2, 0.25) is 0 Å². The monoisotopic (exact) mass is 349 g/mol. The van der Waals surface area contributed by atoms with Crippen molar-refractivity contribution in [3.63, 3.8) is 0 Å². The molecule has 1 aromatic heterocycles. The number of phenols is 1. The minimum Gasteiger partial charge on any atom is -0.506 e. The molecule has 0 spiro atoms. The molecule has 5 heteroatoms. The average molecular weight is 350 g/mol. The number of phenolic OH excluding ortho intramolecular Hbond substituents is 1. The van der Waals surface area contributed by atoms with Crippen molar-refractivity contribution in [3.8, 4) is 5.75 Å². The largest absolute Gasteiger partial charge is 0.506 e. The highest BCUT2D eigenvalue weighted by molar-refractivity contribution is 6.32. The van der Waals surface area contributed by atoms with E-state index in [2.05, 4.69) is 9.98 Å². The van der Waals surface area contributed by atoms with Crippen molar-refractivity contribution in [1.82, 2.24) is 4.98 Å². The van der Waals surface area contributed by atoms with E-state index >= 15 is 0 Å². The summed E-state index contributed by atoms with van der Waals surface area (Å²) in [7, 11) is 0. The number of aromatic hydroxyl groups is 1. The second kappa shape index (κ2) is 7.64. The van der Waals surface area contributed by atoms with Crippen LogP contribution in [0.25, 0.3) is 11.3 Å². The Morgan fingerprint density at radius 2 is 1.72 bits per heavy atom. The summed E-state index contributed by atoms with van der Waals surface area (Å²) in [5.41, 5.74) is 9.93. The van der Waals surface area contributed by atoms with E-state index in [-0.39, 0.29) is 10.8 Å². The van der Waals surface area contributed by atoms with Gasteiger partial charge in [0.15, 0.2) is 0 Å². The van der Waals surface area contributed by atoms with Gasteiger partial charge in [-0.15, -0.1) is 0 Å². The summed E-state index contributed by atoms with van der Waals surface area (Å²) in [5, 5.41) is 10.2. The number of aliphatic imine (C=N–C) groups is 1. The van der Waals surface area contributed by atoms with Crippen molar-refractivity contribution in [3.05, 3.63) is 89.2 Å². The van der Waals surface area contributed by atoms with E-state index in [1.165, 1.54) is 0 Å². The summed E-state index contributed by atoms with van der Waals surface area (Å²) < 4.78 is 0. The number of aromatic nitrogens is 1. The molecule has 0 bridgehead atoms. The Labute approximate surface area is 151 Å². The lowest BCUT2D eigenvalue weighted by atomic mass is 10.0. The van der Waals surface area contributed by atoms with E-state index in [9.17, 15) is 5.11 Å². The SMILES string of the molecule is N/C(=C(\C=Nc1ccccc1)c1ccc(Cl)c(O)c1)c1ccncc1. The highest BCUT2D eigenvalue weighted by Crippen LogP contribution is 2.29. The maximum atomic E-state index is 9.94. The smallest absolute Gasteiger partial charge is 0.134 e. The molecule has 0 aliphatic heterocycles. The molecule has 1 heterocycles. The molecular weight excluding hydrogens is 334 g/mol. The normalized spacial score (nSPS) is 12.2. The van der Waals surface area contributed by atoms with Crippen molar-refractivity contribution in [1.29, 1.82) is 0 Å². The molecule has 0 fully saturated rings. The number of hydrogen-bond acceptors (Lipinski definition) is 4. The standard InChI is InChI=1S/C20H16ClN3O/c21-18-7-6-15(12-19(18)25)17(13-24-16-4-2-1-3-5-16)20(22)14-8-10-23-11-9-14/h1-13,25H,22H2/b20-17+,24-13?. The zero-order valence-electron chi connectivity index (χ0n) is 13.3. The van der Waals surface area contributed by atoms with Gasteiger partial charge in [0, 0.05) is 35.4 Å². The maximum absolute atomic E-state index is 9.94. The van der Waals surface area contributed by atoms with Gasteiger partial charge in [0.25, 0.3) is 0 Å². The first-order chi connectivity index (χ1) is 12.1. The number of benzene rings is 2. The fraction of sp³-hybridized carbons (Fsp3) is 0. The number of hydrogen-bond donors (Lipinski definition) is 2. The molecule has 0 amide bonds. The molecule has 124 valence electrons. The van der Waals surface area contributed by atoms with Gasteiger partial charge in [-0.25, -0.2) is 0 Å². The fourth-order valence-corrected chi connectivity index (χ4v) is 2.44. The van der Waals surface area contributed by atoms with E-state index in [0.717, 1.165) is 16.8 Å². The molecule has 0 saturated heterocycles. The summed E-state index contributed by atoms with van der Waals surface area (Å²) in [5.74, 6) is -0.00712. The molecule has 0 radical (unpaired) electrons. The lowest BCUT2D eigenvalue weighted by Crippen LogP contribution is -2.03. The molecule has 0 aliphatic rings. The molecule has 0 aliphatic carbocycles. The van der Waals surface area contributed by atoms with Crippen LogP contribution in [0.15, 0.2) is 78.0 Å². The van der Waals surface area contributed by atoms with Crippen LogP contribution in [0, 0.1) is 0 Å². The van der Waals surface area contributed by atoms with Crippen LogP contribution in [-0.2, 0) is 0 Å². The van der Waals surface area contributed by atoms with E-state index in [1.54, 1.807) is 36.8 Å². The van der Waals surface area contributed by atoms with Gasteiger partial charge in [0.05, 0.1) is 10.7 Å². The van der Waals surface area contributed by atoms with Crippen LogP contribution in [0.2, 0.25) is 5.02 Å². The number of allylic oxidation sites excluding steroid dienone is 1. The van der Waals surface area contributed by atoms with Gasteiger partial charge in [0.1, 0.15) is 5.75 Å². The van der Waals surface area contributed by atoms with Crippen molar-refractivity contribution in [2.45, 2.75) is 0 Å². The Bertz CT molecular complexity index is 922. The van der Waals surface area contributed by atoms with Gasteiger partial charge in [-0.05, 0) is 42.0 Å². The van der Waals surface area contributed by atoms with Crippen molar-refractivity contribution in [2.24, 2.45) is 10.7 Å². The fourth-order valence-electron chi connectivity index (χ4n) is 2.32. The zero-order chi connectivity index (χ0) is 17.6. The Balaban J connectivity index is 2.11. The van der Waals surface area contributed by atoms with Gasteiger partial charge in [-0.2, -0.15) is 0 Å². The van der Waals surface area contributed by atoms with Crippen LogP contribution >= 0.6 is 11.6 Å². The Kier molecular flexibility index (Phi) is 5.11. The Morgan fingerprint density at radius 3 is 2.40 bits per heavy atom. The van der Waals surface area contributed by atoms with Gasteiger partial charge in [-0.1, -0.05) is 35.9 Å². The second-order valence-corrected chi connectivity index (χ2v) is 5.73. The topological polar surface area (TPSA) is 71.5 Å². The lowest BCUT2D eigenvalue weighted by Gasteiger charge is -2.10. The first kappa shape index (κ1) is 16.7. The minimum absolute atomic E-state index is 0.00712. The quantitative estimate of drug-likeness (QED) is 0.672.